The van der Waals surface area contributed by atoms with Crippen molar-refractivity contribution in [3.05, 3.63) is 95.6 Å². The molecule has 0 aliphatic heterocycles. The zero-order chi connectivity index (χ0) is 26.3. The molecule has 3 aromatic rings. The first-order chi connectivity index (χ1) is 17.0. The van der Waals surface area contributed by atoms with Crippen LogP contribution in [0.4, 0.5) is 32.0 Å². The Morgan fingerprint density at radius 1 is 0.806 bits per heavy atom. The highest BCUT2D eigenvalue weighted by Crippen LogP contribution is 2.40. The number of anilines is 1. The fourth-order valence-corrected chi connectivity index (χ4v) is 3.05. The fourth-order valence-electron chi connectivity index (χ4n) is 3.05. The van der Waals surface area contributed by atoms with Crippen LogP contribution in [-0.2, 0) is 6.42 Å². The molecular weight excluding hydrogens is 490 g/mol. The van der Waals surface area contributed by atoms with Crippen LogP contribution in [0.1, 0.15) is 26.3 Å². The lowest BCUT2D eigenvalue weighted by Crippen LogP contribution is -2.47. The zero-order valence-electron chi connectivity index (χ0n) is 18.5. The van der Waals surface area contributed by atoms with Crippen molar-refractivity contribution >= 4 is 17.5 Å². The molecule has 0 heterocycles. The third-order valence-electron chi connectivity index (χ3n) is 4.98. The van der Waals surface area contributed by atoms with E-state index >= 15 is 0 Å². The molecule has 0 aliphatic rings. The van der Waals surface area contributed by atoms with Crippen LogP contribution in [0.25, 0.3) is 0 Å². The summed E-state index contributed by atoms with van der Waals surface area (Å²) in [6, 6.07) is 19.5. The molecule has 3 aromatic carbocycles. The maximum atomic E-state index is 13.4. The molecular formula is C25H20F6N2O3. The van der Waals surface area contributed by atoms with Gasteiger partial charge < -0.3 is 15.4 Å². The molecule has 1 atom stereocenters. The maximum absolute atomic E-state index is 13.4. The Kier molecular flexibility index (Phi) is 8.23. The minimum atomic E-state index is -6.13. The number of rotatable bonds is 9. The van der Waals surface area contributed by atoms with Gasteiger partial charge in [0.15, 0.2) is 0 Å². The Hall–Kier alpha value is -4.02. The quantitative estimate of drug-likeness (QED) is 0.359. The van der Waals surface area contributed by atoms with Gasteiger partial charge in [-0.3, -0.25) is 9.59 Å². The Labute approximate surface area is 202 Å². The number of nitrogens with one attached hydrogen (secondary N) is 2. The number of hydrogen-bond donors (Lipinski definition) is 2. The summed E-state index contributed by atoms with van der Waals surface area (Å²) in [5.41, 5.74) is 1.37. The van der Waals surface area contributed by atoms with E-state index in [4.69, 9.17) is 0 Å². The Balaban J connectivity index is 1.62. The molecule has 36 heavy (non-hydrogen) atoms. The van der Waals surface area contributed by atoms with Crippen LogP contribution in [0.15, 0.2) is 78.9 Å². The van der Waals surface area contributed by atoms with Gasteiger partial charge in [-0.25, -0.2) is 0 Å². The molecule has 3 rings (SSSR count). The van der Waals surface area contributed by atoms with E-state index in [0.29, 0.717) is 13.0 Å². The van der Waals surface area contributed by atoms with Crippen molar-refractivity contribution in [2.45, 2.75) is 24.9 Å². The van der Waals surface area contributed by atoms with Gasteiger partial charge >= 0.3 is 18.5 Å². The second-order valence-electron chi connectivity index (χ2n) is 7.57. The van der Waals surface area contributed by atoms with Crippen LogP contribution in [0, 0.1) is 0 Å². The number of ether oxygens (including phenoxy) is 1. The molecule has 2 N–H and O–H groups in total. The van der Waals surface area contributed by atoms with Crippen molar-refractivity contribution < 1.29 is 40.7 Å². The van der Waals surface area contributed by atoms with E-state index in [9.17, 15) is 35.9 Å². The largest absolute Gasteiger partial charge is 0.460 e. The molecule has 5 nitrogen and oxygen atoms in total. The van der Waals surface area contributed by atoms with Gasteiger partial charge in [0, 0.05) is 12.1 Å². The third-order valence-corrected chi connectivity index (χ3v) is 4.98. The first-order valence-electron chi connectivity index (χ1n) is 10.6. The number of hydrogen-bond acceptors (Lipinski definition) is 3. The molecule has 0 saturated heterocycles. The number of carbonyl (C=O) groups excluding carboxylic acids is 2. The van der Waals surface area contributed by atoms with E-state index in [-0.39, 0.29) is 16.8 Å². The Morgan fingerprint density at radius 2 is 1.42 bits per heavy atom. The van der Waals surface area contributed by atoms with Crippen LogP contribution in [0.3, 0.4) is 0 Å². The van der Waals surface area contributed by atoms with Crippen LogP contribution in [-0.4, -0.2) is 36.8 Å². The van der Waals surface area contributed by atoms with Crippen molar-refractivity contribution in [3.8, 4) is 5.75 Å². The zero-order valence-corrected chi connectivity index (χ0v) is 18.5. The molecule has 0 spiro atoms. The predicted octanol–water partition coefficient (Wildman–Crippen LogP) is 5.78. The van der Waals surface area contributed by atoms with Gasteiger partial charge in [0.2, 0.25) is 0 Å². The average Bonchev–Trinajstić information content (AvgIpc) is 2.84. The predicted molar refractivity (Wildman–Crippen MR) is 120 cm³/mol. The van der Waals surface area contributed by atoms with Crippen LogP contribution in [0.5, 0.6) is 5.75 Å². The lowest BCUT2D eigenvalue weighted by molar-refractivity contribution is -0.328. The van der Waals surface area contributed by atoms with Crippen molar-refractivity contribution in [2.75, 3.05) is 11.9 Å². The van der Waals surface area contributed by atoms with E-state index in [2.05, 4.69) is 15.4 Å². The van der Waals surface area contributed by atoms with Crippen LogP contribution < -0.4 is 15.4 Å². The summed E-state index contributed by atoms with van der Waals surface area (Å²) < 4.78 is 80.2. The van der Waals surface area contributed by atoms with E-state index < -0.39 is 36.0 Å². The van der Waals surface area contributed by atoms with Crippen LogP contribution in [0.2, 0.25) is 0 Å². The highest BCUT2D eigenvalue weighted by molar-refractivity contribution is 6.09. The summed E-state index contributed by atoms with van der Waals surface area (Å²) in [6.45, 7) is 0.357. The van der Waals surface area contributed by atoms with Gasteiger partial charge in [-0.2, -0.15) is 26.3 Å². The summed E-state index contributed by atoms with van der Waals surface area (Å²) in [7, 11) is 0. The molecule has 190 valence electrons. The Bertz CT molecular complexity index is 1180. The van der Waals surface area contributed by atoms with Gasteiger partial charge in [-0.15, -0.1) is 0 Å². The molecule has 0 aromatic heterocycles. The molecule has 11 heteroatoms. The molecule has 0 unspecified atom stereocenters. The fraction of sp³-hybridized carbons (Fsp3) is 0.200. The summed E-state index contributed by atoms with van der Waals surface area (Å²) in [6.07, 6.45) is -9.50. The first kappa shape index (κ1) is 26.6. The van der Waals surface area contributed by atoms with E-state index in [1.807, 2.05) is 30.3 Å². The lowest BCUT2D eigenvalue weighted by atomic mass is 10.1. The van der Waals surface area contributed by atoms with E-state index in [1.165, 1.54) is 12.1 Å². The highest BCUT2D eigenvalue weighted by atomic mass is 19.4. The third kappa shape index (κ3) is 6.55. The van der Waals surface area contributed by atoms with E-state index in [1.54, 1.807) is 12.1 Å². The monoisotopic (exact) mass is 510 g/mol. The standard InChI is InChI=1S/C25H20F6N2O3/c26-23(24(27,28)25(29,30)31)36-18-12-10-17(11-13-18)21(34)33-20-9-5-4-8-19(20)22(35)32-15-14-16-6-2-1-3-7-16/h1-13,23H,14-15H2,(H,32,35)(H,33,34)/t23-/m1/s1. The van der Waals surface area contributed by atoms with Crippen LogP contribution >= 0.6 is 0 Å². The number of benzene rings is 3. The minimum absolute atomic E-state index is 0.0420. The van der Waals surface area contributed by atoms with Gasteiger partial charge in [0.1, 0.15) is 5.75 Å². The first-order valence-corrected chi connectivity index (χ1v) is 10.6. The molecule has 0 radical (unpaired) electrons. The van der Waals surface area contributed by atoms with Crippen molar-refractivity contribution in [1.29, 1.82) is 0 Å². The summed E-state index contributed by atoms with van der Waals surface area (Å²) >= 11 is 0. The SMILES string of the molecule is O=C(Nc1ccccc1C(=O)NCCc1ccccc1)c1ccc(O[C@@H](F)C(F)(F)C(F)(F)F)cc1. The molecule has 2 amide bonds. The molecule has 0 saturated carbocycles. The molecule has 0 fully saturated rings. The Morgan fingerprint density at radius 3 is 2.06 bits per heavy atom. The van der Waals surface area contributed by atoms with E-state index in [0.717, 1.165) is 29.8 Å². The maximum Gasteiger partial charge on any atom is 0.460 e. The van der Waals surface area contributed by atoms with Crippen molar-refractivity contribution in [1.82, 2.24) is 5.32 Å². The normalized spacial score (nSPS) is 12.5. The van der Waals surface area contributed by atoms with Gasteiger partial charge in [-0.05, 0) is 48.4 Å². The minimum Gasteiger partial charge on any atom is -0.454 e. The molecule has 0 bridgehead atoms. The molecule has 0 aliphatic carbocycles. The number of para-hydroxylation sites is 1. The smallest absolute Gasteiger partial charge is 0.454 e. The van der Waals surface area contributed by atoms with Crippen molar-refractivity contribution in [3.63, 3.8) is 0 Å². The topological polar surface area (TPSA) is 67.4 Å². The second kappa shape index (κ2) is 11.1. The average molecular weight is 510 g/mol. The summed E-state index contributed by atoms with van der Waals surface area (Å²) in [5, 5.41) is 5.30. The highest BCUT2D eigenvalue weighted by Gasteiger charge is 2.65. The summed E-state index contributed by atoms with van der Waals surface area (Å²) in [4.78, 5) is 25.2. The van der Waals surface area contributed by atoms with Gasteiger partial charge in [-0.1, -0.05) is 42.5 Å². The van der Waals surface area contributed by atoms with Gasteiger partial charge in [0.25, 0.3) is 11.8 Å². The second-order valence-corrected chi connectivity index (χ2v) is 7.57. The van der Waals surface area contributed by atoms with Gasteiger partial charge in [0.05, 0.1) is 11.3 Å². The number of amides is 2. The lowest BCUT2D eigenvalue weighted by Gasteiger charge is -2.23. The van der Waals surface area contributed by atoms with Crippen molar-refractivity contribution in [2.24, 2.45) is 0 Å². The number of halogens is 6. The summed E-state index contributed by atoms with van der Waals surface area (Å²) in [5.74, 6) is -7.48. The number of carbonyl (C=O) groups is 2. The number of alkyl halides is 6.